The third-order valence-electron chi connectivity index (χ3n) is 3.49. The van der Waals surface area contributed by atoms with Gasteiger partial charge in [0.2, 0.25) is 5.91 Å². The highest BCUT2D eigenvalue weighted by Crippen LogP contribution is 2.25. The summed E-state index contributed by atoms with van der Waals surface area (Å²) >= 11 is 1.20. The molecule has 0 aliphatic heterocycles. The van der Waals surface area contributed by atoms with Gasteiger partial charge in [0.15, 0.2) is 23.2 Å². The van der Waals surface area contributed by atoms with Gasteiger partial charge in [0.1, 0.15) is 5.75 Å². The Morgan fingerprint density at radius 1 is 1.12 bits per heavy atom. The average molecular weight is 383 g/mol. The molecule has 1 amide bonds. The molecule has 0 aliphatic rings. The summed E-state index contributed by atoms with van der Waals surface area (Å²) in [5, 5.41) is 2.20. The molecule has 2 aromatic carbocycles. The normalized spacial score (nSPS) is 10.5. The number of thioether (sulfide) groups is 1. The first-order valence-electron chi connectivity index (χ1n) is 7.52. The Bertz CT molecular complexity index is 843. The number of halogens is 3. The zero-order valence-electron chi connectivity index (χ0n) is 14.1. The molecular formula is C18H16F3NO3S. The van der Waals surface area contributed by atoms with Gasteiger partial charge in [0.25, 0.3) is 0 Å². The van der Waals surface area contributed by atoms with Gasteiger partial charge in [-0.3, -0.25) is 9.59 Å². The van der Waals surface area contributed by atoms with E-state index in [1.165, 1.54) is 25.8 Å². The van der Waals surface area contributed by atoms with Gasteiger partial charge < -0.3 is 10.1 Å². The first kappa shape index (κ1) is 19.8. The molecule has 0 heterocycles. The molecular weight excluding hydrogens is 367 g/mol. The lowest BCUT2D eigenvalue weighted by atomic mass is 10.1. The molecule has 0 radical (unpaired) electrons. The van der Waals surface area contributed by atoms with Crippen LogP contribution in [0.2, 0.25) is 0 Å². The second-order valence-corrected chi connectivity index (χ2v) is 6.33. The minimum Gasteiger partial charge on any atom is -0.496 e. The Hall–Kier alpha value is -2.48. The smallest absolute Gasteiger partial charge is 0.234 e. The van der Waals surface area contributed by atoms with Crippen molar-refractivity contribution < 1.29 is 27.5 Å². The van der Waals surface area contributed by atoms with Crippen molar-refractivity contribution in [2.75, 3.05) is 18.2 Å². The van der Waals surface area contributed by atoms with E-state index in [0.29, 0.717) is 17.1 Å². The highest BCUT2D eigenvalue weighted by Gasteiger charge is 2.15. The fourth-order valence-electron chi connectivity index (χ4n) is 2.17. The van der Waals surface area contributed by atoms with Crippen LogP contribution < -0.4 is 10.1 Å². The zero-order valence-corrected chi connectivity index (χ0v) is 14.9. The molecule has 4 nitrogen and oxygen atoms in total. The van der Waals surface area contributed by atoms with Crippen LogP contribution in [0.25, 0.3) is 0 Å². The van der Waals surface area contributed by atoms with Crippen molar-refractivity contribution in [3.63, 3.8) is 0 Å². The lowest BCUT2D eigenvalue weighted by molar-refractivity contribution is -0.113. The van der Waals surface area contributed by atoms with Crippen LogP contribution in [0.1, 0.15) is 22.8 Å². The Balaban J connectivity index is 1.97. The summed E-state index contributed by atoms with van der Waals surface area (Å²) in [6.45, 7) is 1.45. The van der Waals surface area contributed by atoms with E-state index in [4.69, 9.17) is 4.74 Å². The van der Waals surface area contributed by atoms with E-state index in [9.17, 15) is 22.8 Å². The second-order valence-electron chi connectivity index (χ2n) is 5.35. The molecule has 2 rings (SSSR count). The van der Waals surface area contributed by atoms with Crippen LogP contribution in [0.4, 0.5) is 18.9 Å². The Kier molecular flexibility index (Phi) is 6.68. The molecule has 1 N–H and O–H groups in total. The van der Waals surface area contributed by atoms with Crippen LogP contribution in [0.5, 0.6) is 5.75 Å². The molecule has 0 aliphatic carbocycles. The fraction of sp³-hybridized carbons (Fsp3) is 0.222. The number of anilines is 1. The van der Waals surface area contributed by atoms with Gasteiger partial charge in [-0.2, -0.15) is 0 Å². The third-order valence-corrected chi connectivity index (χ3v) is 4.47. The maximum absolute atomic E-state index is 13.5. The van der Waals surface area contributed by atoms with Crippen molar-refractivity contribution in [2.24, 2.45) is 0 Å². The molecule has 0 unspecified atom stereocenters. The van der Waals surface area contributed by atoms with Gasteiger partial charge in [0, 0.05) is 16.9 Å². The van der Waals surface area contributed by atoms with Gasteiger partial charge in [-0.25, -0.2) is 13.2 Å². The molecule has 0 spiro atoms. The van der Waals surface area contributed by atoms with Crippen molar-refractivity contribution in [1.82, 2.24) is 0 Å². The molecule has 0 bridgehead atoms. The number of ether oxygens (including phenoxy) is 1. The van der Waals surface area contributed by atoms with Crippen LogP contribution >= 0.6 is 11.8 Å². The van der Waals surface area contributed by atoms with E-state index in [1.54, 1.807) is 18.2 Å². The van der Waals surface area contributed by atoms with Gasteiger partial charge in [-0.1, -0.05) is 0 Å². The number of carbonyl (C=O) groups excluding carboxylic acids is 2. The van der Waals surface area contributed by atoms with E-state index in [1.807, 2.05) is 0 Å². The second kappa shape index (κ2) is 8.75. The Morgan fingerprint density at radius 3 is 2.50 bits per heavy atom. The van der Waals surface area contributed by atoms with Crippen molar-refractivity contribution >= 4 is 29.1 Å². The van der Waals surface area contributed by atoms with Crippen LogP contribution in [0.15, 0.2) is 30.3 Å². The molecule has 2 aromatic rings. The number of Topliss-reactive ketones (excluding diaryl/α,β-unsaturated/α-hetero) is 1. The molecule has 0 atom stereocenters. The molecule has 0 fully saturated rings. The molecule has 0 saturated carbocycles. The number of amides is 1. The van der Waals surface area contributed by atoms with E-state index >= 15 is 0 Å². The fourth-order valence-corrected chi connectivity index (χ4v) is 2.98. The number of rotatable bonds is 7. The molecule has 8 heteroatoms. The van der Waals surface area contributed by atoms with Crippen LogP contribution in [-0.2, 0) is 10.5 Å². The van der Waals surface area contributed by atoms with Crippen molar-refractivity contribution in [2.45, 2.75) is 12.7 Å². The number of benzene rings is 2. The molecule has 26 heavy (non-hydrogen) atoms. The molecule has 138 valence electrons. The number of ketones is 1. The number of nitrogens with one attached hydrogen (secondary N) is 1. The predicted molar refractivity (Wildman–Crippen MR) is 94.1 cm³/mol. The quantitative estimate of drug-likeness (QED) is 0.576. The Morgan fingerprint density at radius 2 is 1.85 bits per heavy atom. The predicted octanol–water partition coefficient (Wildman–Crippen LogP) is 4.19. The third kappa shape index (κ3) is 4.78. The maximum Gasteiger partial charge on any atom is 0.234 e. The van der Waals surface area contributed by atoms with Crippen LogP contribution in [0, 0.1) is 17.5 Å². The largest absolute Gasteiger partial charge is 0.496 e. The number of hydrogen-bond donors (Lipinski definition) is 1. The highest BCUT2D eigenvalue weighted by atomic mass is 32.2. The van der Waals surface area contributed by atoms with Crippen molar-refractivity contribution in [3.05, 3.63) is 58.9 Å². The monoisotopic (exact) mass is 383 g/mol. The summed E-state index contributed by atoms with van der Waals surface area (Å²) < 4.78 is 44.8. The topological polar surface area (TPSA) is 55.4 Å². The summed E-state index contributed by atoms with van der Waals surface area (Å²) in [5.74, 6) is -4.17. The van der Waals surface area contributed by atoms with E-state index in [-0.39, 0.29) is 11.5 Å². The van der Waals surface area contributed by atoms with Gasteiger partial charge in [-0.15, -0.1) is 11.8 Å². The summed E-state index contributed by atoms with van der Waals surface area (Å²) in [4.78, 5) is 23.3. The maximum atomic E-state index is 13.5. The van der Waals surface area contributed by atoms with Gasteiger partial charge in [-0.05, 0) is 37.3 Å². The number of methoxy groups -OCH3 is 1. The van der Waals surface area contributed by atoms with E-state index < -0.39 is 29.0 Å². The molecule has 0 aromatic heterocycles. The van der Waals surface area contributed by atoms with Crippen LogP contribution in [-0.4, -0.2) is 24.6 Å². The highest BCUT2D eigenvalue weighted by molar-refractivity contribution is 7.99. The standard InChI is InChI=1S/C18H16F3NO3S/c1-10(23)11-3-6-15(25-2)12(7-11)8-26-9-16(24)22-14-5-4-13(19)17(20)18(14)21/h3-7H,8-9H2,1-2H3,(H,22,24). The summed E-state index contributed by atoms with van der Waals surface area (Å²) in [6.07, 6.45) is 0. The van der Waals surface area contributed by atoms with E-state index in [0.717, 1.165) is 17.7 Å². The minimum atomic E-state index is -1.64. The summed E-state index contributed by atoms with van der Waals surface area (Å²) in [6, 6.07) is 6.69. The zero-order chi connectivity index (χ0) is 19.3. The lowest BCUT2D eigenvalue weighted by Crippen LogP contribution is -2.16. The molecule has 0 saturated heterocycles. The van der Waals surface area contributed by atoms with Crippen LogP contribution in [0.3, 0.4) is 0 Å². The van der Waals surface area contributed by atoms with E-state index in [2.05, 4.69) is 5.32 Å². The average Bonchev–Trinajstić information content (AvgIpc) is 2.62. The van der Waals surface area contributed by atoms with Crippen molar-refractivity contribution in [3.8, 4) is 5.75 Å². The summed E-state index contributed by atoms with van der Waals surface area (Å²) in [7, 11) is 1.50. The first-order valence-corrected chi connectivity index (χ1v) is 8.68. The minimum absolute atomic E-state index is 0.0497. The van der Waals surface area contributed by atoms with Crippen molar-refractivity contribution in [1.29, 1.82) is 0 Å². The SMILES string of the molecule is COc1ccc(C(C)=O)cc1CSCC(=O)Nc1ccc(F)c(F)c1F. The lowest BCUT2D eigenvalue weighted by Gasteiger charge is -2.10. The number of hydrogen-bond acceptors (Lipinski definition) is 4. The number of carbonyl (C=O) groups is 2. The Labute approximate surface area is 152 Å². The van der Waals surface area contributed by atoms with Gasteiger partial charge in [0.05, 0.1) is 18.6 Å². The summed E-state index contributed by atoms with van der Waals surface area (Å²) in [5.41, 5.74) is 0.831. The first-order chi connectivity index (χ1) is 12.3. The van der Waals surface area contributed by atoms with Gasteiger partial charge >= 0.3 is 0 Å².